The average Bonchev–Trinajstić information content (AvgIpc) is 2.89. The van der Waals surface area contributed by atoms with Crippen LogP contribution in [0.2, 0.25) is 0 Å². The van der Waals surface area contributed by atoms with Crippen LogP contribution in [0.15, 0.2) is 18.3 Å². The lowest BCUT2D eigenvalue weighted by Crippen LogP contribution is -2.41. The summed E-state index contributed by atoms with van der Waals surface area (Å²) in [5, 5.41) is 9.43. The van der Waals surface area contributed by atoms with Crippen LogP contribution < -0.4 is 0 Å². The van der Waals surface area contributed by atoms with E-state index in [-0.39, 0.29) is 30.7 Å². The van der Waals surface area contributed by atoms with Gasteiger partial charge in [-0.1, -0.05) is 12.2 Å². The number of aliphatic hydroxyl groups is 1. The van der Waals surface area contributed by atoms with Gasteiger partial charge in [-0.05, 0) is 25.0 Å². The van der Waals surface area contributed by atoms with E-state index in [1.165, 1.54) is 11.1 Å². The highest BCUT2D eigenvalue weighted by Gasteiger charge is 2.54. The van der Waals surface area contributed by atoms with Crippen LogP contribution >= 0.6 is 0 Å². The number of aromatic amines is 1. The molecule has 0 radical (unpaired) electrons. The number of hydrogen-bond acceptors (Lipinski definition) is 3. The fraction of sp³-hybridized carbons (Fsp3) is 0.571. The molecule has 18 heavy (non-hydrogen) atoms. The molecule has 4 nitrogen and oxygen atoms in total. The lowest BCUT2D eigenvalue weighted by molar-refractivity contribution is -0.146. The van der Waals surface area contributed by atoms with E-state index in [1.807, 2.05) is 20.0 Å². The number of aliphatic hydroxyl groups excluding tert-OH is 1. The molecule has 4 heteroatoms. The topological polar surface area (TPSA) is 54.5 Å². The summed E-state index contributed by atoms with van der Waals surface area (Å²) in [4.78, 5) is 3.18. The first-order chi connectivity index (χ1) is 8.61. The highest BCUT2D eigenvalue weighted by molar-refractivity contribution is 5.50. The van der Waals surface area contributed by atoms with Crippen molar-refractivity contribution < 1.29 is 14.6 Å². The van der Waals surface area contributed by atoms with Crippen LogP contribution in [0.4, 0.5) is 0 Å². The van der Waals surface area contributed by atoms with Crippen molar-refractivity contribution in [3.63, 3.8) is 0 Å². The van der Waals surface area contributed by atoms with Crippen LogP contribution in [-0.2, 0) is 16.1 Å². The van der Waals surface area contributed by atoms with Crippen LogP contribution in [-0.4, -0.2) is 28.1 Å². The van der Waals surface area contributed by atoms with Gasteiger partial charge in [-0.2, -0.15) is 0 Å². The average molecular weight is 247 g/mol. The van der Waals surface area contributed by atoms with Gasteiger partial charge >= 0.3 is 0 Å². The maximum Gasteiger partial charge on any atom is 0.163 e. The second-order valence-corrected chi connectivity index (χ2v) is 5.80. The Kier molecular flexibility index (Phi) is 1.95. The fourth-order valence-electron chi connectivity index (χ4n) is 3.67. The lowest BCUT2D eigenvalue weighted by Gasteiger charge is -2.39. The maximum atomic E-state index is 9.43. The molecular formula is C14H17NO3. The van der Waals surface area contributed by atoms with Gasteiger partial charge in [-0.15, -0.1) is 0 Å². The molecule has 1 aromatic heterocycles. The third kappa shape index (κ3) is 1.20. The quantitative estimate of drug-likeness (QED) is 0.744. The Bertz CT molecular complexity index is 531. The molecule has 0 aromatic carbocycles. The lowest BCUT2D eigenvalue weighted by atomic mass is 9.69. The predicted octanol–water partition coefficient (Wildman–Crippen LogP) is 1.78. The Morgan fingerprint density at radius 3 is 2.61 bits per heavy atom. The second-order valence-electron chi connectivity index (χ2n) is 5.80. The molecular weight excluding hydrogens is 230 g/mol. The smallest absolute Gasteiger partial charge is 0.163 e. The Hall–Kier alpha value is -1.10. The molecule has 0 saturated carbocycles. The molecule has 1 aromatic rings. The van der Waals surface area contributed by atoms with E-state index >= 15 is 0 Å². The van der Waals surface area contributed by atoms with Gasteiger partial charge in [0.05, 0.1) is 18.8 Å². The fourth-order valence-corrected chi connectivity index (χ4v) is 3.67. The molecule has 2 N–H and O–H groups in total. The van der Waals surface area contributed by atoms with Gasteiger partial charge in [0.1, 0.15) is 0 Å². The molecule has 1 aliphatic heterocycles. The molecule has 0 spiro atoms. The molecule has 2 heterocycles. The van der Waals surface area contributed by atoms with Crippen molar-refractivity contribution in [2.45, 2.75) is 50.3 Å². The van der Waals surface area contributed by atoms with Crippen molar-refractivity contribution >= 4 is 0 Å². The predicted molar refractivity (Wildman–Crippen MR) is 65.2 cm³/mol. The molecule has 3 aliphatic carbocycles. The van der Waals surface area contributed by atoms with Gasteiger partial charge in [0.25, 0.3) is 0 Å². The first kappa shape index (κ1) is 10.8. The van der Waals surface area contributed by atoms with Crippen LogP contribution in [0.5, 0.6) is 0 Å². The minimum absolute atomic E-state index is 0.0496. The van der Waals surface area contributed by atoms with Gasteiger partial charge in [0.15, 0.2) is 5.79 Å². The minimum Gasteiger partial charge on any atom is -0.390 e. The third-order valence-electron chi connectivity index (χ3n) is 4.29. The summed E-state index contributed by atoms with van der Waals surface area (Å²) in [6, 6.07) is 0. The molecule has 2 bridgehead atoms. The van der Waals surface area contributed by atoms with Crippen molar-refractivity contribution in [1.82, 2.24) is 4.98 Å². The summed E-state index contributed by atoms with van der Waals surface area (Å²) in [6.07, 6.45) is 6.60. The molecule has 4 aliphatic rings. The highest BCUT2D eigenvalue weighted by Crippen LogP contribution is 2.53. The summed E-state index contributed by atoms with van der Waals surface area (Å²) in [6.45, 7) is 3.98. The number of aromatic nitrogens is 1. The number of rotatable bonds is 1. The van der Waals surface area contributed by atoms with E-state index in [2.05, 4.69) is 17.1 Å². The summed E-state index contributed by atoms with van der Waals surface area (Å²) in [7, 11) is 0. The zero-order valence-corrected chi connectivity index (χ0v) is 10.5. The zero-order chi connectivity index (χ0) is 12.5. The van der Waals surface area contributed by atoms with E-state index in [4.69, 9.17) is 9.47 Å². The number of hydrogen-bond donors (Lipinski definition) is 2. The Morgan fingerprint density at radius 2 is 1.89 bits per heavy atom. The number of H-pyrrole nitrogens is 1. The summed E-state index contributed by atoms with van der Waals surface area (Å²) >= 11 is 0. The first-order valence-corrected chi connectivity index (χ1v) is 6.45. The van der Waals surface area contributed by atoms with Gasteiger partial charge in [0, 0.05) is 23.7 Å². The van der Waals surface area contributed by atoms with Gasteiger partial charge in [0.2, 0.25) is 0 Å². The summed E-state index contributed by atoms with van der Waals surface area (Å²) in [5.41, 5.74) is 3.39. The first-order valence-electron chi connectivity index (χ1n) is 6.45. The van der Waals surface area contributed by atoms with E-state index in [0.717, 1.165) is 5.69 Å². The maximum absolute atomic E-state index is 9.43. The van der Waals surface area contributed by atoms with Crippen molar-refractivity contribution in [1.29, 1.82) is 0 Å². The molecule has 4 atom stereocenters. The Balaban J connectivity index is 1.84. The van der Waals surface area contributed by atoms with Gasteiger partial charge in [-0.25, -0.2) is 0 Å². The SMILES string of the molecule is CC1(C)OC2C3C=CC(c4c3c[nH]c4CO)C2O1. The molecule has 0 amide bonds. The second kappa shape index (κ2) is 3.26. The number of nitrogens with one attached hydrogen (secondary N) is 1. The van der Waals surface area contributed by atoms with Crippen LogP contribution in [0.1, 0.15) is 42.5 Å². The van der Waals surface area contributed by atoms with Gasteiger partial charge in [-0.3, -0.25) is 0 Å². The summed E-state index contributed by atoms with van der Waals surface area (Å²) in [5.74, 6) is -0.0665. The van der Waals surface area contributed by atoms with E-state index < -0.39 is 5.79 Å². The zero-order valence-electron chi connectivity index (χ0n) is 10.5. The van der Waals surface area contributed by atoms with Gasteiger partial charge < -0.3 is 19.6 Å². The standard InChI is InChI=1S/C14H17NO3/c1-14(2)17-12-7-3-4-8(13(12)18-14)11-9(7)5-15-10(11)6-16/h3-5,7-8,12-13,15-16H,6H2,1-2H3. The normalized spacial score (nSPS) is 38.8. The van der Waals surface area contributed by atoms with E-state index in [9.17, 15) is 5.11 Å². The third-order valence-corrected chi connectivity index (χ3v) is 4.29. The monoisotopic (exact) mass is 247 g/mol. The molecule has 1 saturated heterocycles. The van der Waals surface area contributed by atoms with Crippen LogP contribution in [0.3, 0.4) is 0 Å². The molecule has 96 valence electrons. The van der Waals surface area contributed by atoms with Crippen molar-refractivity contribution in [3.05, 3.63) is 35.2 Å². The highest BCUT2D eigenvalue weighted by atomic mass is 16.8. The molecule has 1 fully saturated rings. The van der Waals surface area contributed by atoms with Crippen molar-refractivity contribution in [2.75, 3.05) is 0 Å². The minimum atomic E-state index is -0.510. The Labute approximate surface area is 106 Å². The number of ether oxygens (including phenoxy) is 2. The van der Waals surface area contributed by atoms with Crippen molar-refractivity contribution in [2.24, 2.45) is 0 Å². The van der Waals surface area contributed by atoms with Crippen LogP contribution in [0, 0.1) is 0 Å². The largest absolute Gasteiger partial charge is 0.390 e. The molecule has 4 unspecified atom stereocenters. The van der Waals surface area contributed by atoms with Crippen LogP contribution in [0.25, 0.3) is 0 Å². The van der Waals surface area contributed by atoms with E-state index in [0.29, 0.717) is 0 Å². The van der Waals surface area contributed by atoms with Crippen molar-refractivity contribution in [3.8, 4) is 0 Å². The molecule has 5 rings (SSSR count). The summed E-state index contributed by atoms with van der Waals surface area (Å²) < 4.78 is 12.1. The Morgan fingerprint density at radius 1 is 1.22 bits per heavy atom. The van der Waals surface area contributed by atoms with E-state index in [1.54, 1.807) is 0 Å².